The van der Waals surface area contributed by atoms with Crippen molar-refractivity contribution < 1.29 is 26.8 Å². The Morgan fingerprint density at radius 1 is 1.24 bits per heavy atom. The van der Waals surface area contributed by atoms with Gasteiger partial charge in [-0.05, 0) is 26.3 Å². The lowest BCUT2D eigenvalue weighted by Gasteiger charge is -2.31. The van der Waals surface area contributed by atoms with Crippen molar-refractivity contribution in [3.05, 3.63) is 35.9 Å². The van der Waals surface area contributed by atoms with Crippen LogP contribution in [-0.2, 0) is 35.1 Å². The predicted molar refractivity (Wildman–Crippen MR) is 94.5 cm³/mol. The van der Waals surface area contributed by atoms with Gasteiger partial charge in [0.2, 0.25) is 0 Å². The topological polar surface area (TPSA) is 71.1 Å². The summed E-state index contributed by atoms with van der Waals surface area (Å²) >= 11 is 0. The monoisotopic (exact) mass is 372 g/mol. The summed E-state index contributed by atoms with van der Waals surface area (Å²) in [4.78, 5) is 0. The van der Waals surface area contributed by atoms with Gasteiger partial charge in [0.25, 0.3) is 10.1 Å². The number of ether oxygens (including phenoxy) is 3. The molecule has 6 nitrogen and oxygen atoms in total. The van der Waals surface area contributed by atoms with Crippen molar-refractivity contribution in [3.63, 3.8) is 0 Å². The molecule has 2 rings (SSSR count). The smallest absolute Gasteiger partial charge is 0.264 e. The molecule has 0 aliphatic carbocycles. The van der Waals surface area contributed by atoms with Crippen LogP contribution in [0.2, 0.25) is 0 Å². The summed E-state index contributed by atoms with van der Waals surface area (Å²) in [5, 5.41) is 0. The zero-order chi connectivity index (χ0) is 18.7. The SMILES string of the molecule is CC(OCc1ccccc1)C(C)C(OS(C)(=O)=O)C1COC(C)(C)O1. The van der Waals surface area contributed by atoms with Crippen LogP contribution in [0.15, 0.2) is 30.3 Å². The molecule has 1 aliphatic heterocycles. The van der Waals surface area contributed by atoms with E-state index in [-0.39, 0.29) is 18.6 Å². The molecule has 0 amide bonds. The summed E-state index contributed by atoms with van der Waals surface area (Å²) in [6, 6.07) is 9.82. The van der Waals surface area contributed by atoms with Gasteiger partial charge in [0.15, 0.2) is 5.79 Å². The molecule has 1 saturated heterocycles. The Bertz CT molecular complexity index is 643. The zero-order valence-corrected chi connectivity index (χ0v) is 16.3. The first-order valence-corrected chi connectivity index (χ1v) is 10.2. The van der Waals surface area contributed by atoms with Crippen LogP contribution in [0.25, 0.3) is 0 Å². The van der Waals surface area contributed by atoms with Crippen molar-refractivity contribution in [3.8, 4) is 0 Å². The minimum Gasteiger partial charge on any atom is -0.373 e. The summed E-state index contributed by atoms with van der Waals surface area (Å²) in [7, 11) is -3.63. The van der Waals surface area contributed by atoms with Crippen LogP contribution in [0.5, 0.6) is 0 Å². The van der Waals surface area contributed by atoms with E-state index < -0.39 is 28.1 Å². The molecule has 4 unspecified atom stereocenters. The lowest BCUT2D eigenvalue weighted by atomic mass is 9.95. The van der Waals surface area contributed by atoms with Gasteiger partial charge in [-0.2, -0.15) is 8.42 Å². The Morgan fingerprint density at radius 3 is 2.40 bits per heavy atom. The largest absolute Gasteiger partial charge is 0.373 e. The number of benzene rings is 1. The zero-order valence-electron chi connectivity index (χ0n) is 15.5. The van der Waals surface area contributed by atoms with Crippen molar-refractivity contribution in [1.29, 1.82) is 0 Å². The lowest BCUT2D eigenvalue weighted by Crippen LogP contribution is -2.43. The summed E-state index contributed by atoms with van der Waals surface area (Å²) in [5.41, 5.74) is 1.06. The maximum Gasteiger partial charge on any atom is 0.264 e. The molecular formula is C18H28O6S. The third kappa shape index (κ3) is 6.34. The number of rotatable bonds is 8. The molecule has 0 spiro atoms. The molecule has 0 saturated carbocycles. The van der Waals surface area contributed by atoms with Crippen LogP contribution in [0.3, 0.4) is 0 Å². The van der Waals surface area contributed by atoms with Gasteiger partial charge in [-0.15, -0.1) is 0 Å². The maximum absolute atomic E-state index is 11.7. The quantitative estimate of drug-likeness (QED) is 0.654. The van der Waals surface area contributed by atoms with Gasteiger partial charge in [-0.25, -0.2) is 0 Å². The Kier molecular flexibility index (Phi) is 6.62. The molecule has 7 heteroatoms. The molecule has 1 aromatic carbocycles. The molecule has 1 aliphatic rings. The van der Waals surface area contributed by atoms with Crippen molar-refractivity contribution in [1.82, 2.24) is 0 Å². The van der Waals surface area contributed by atoms with Crippen molar-refractivity contribution in [2.75, 3.05) is 12.9 Å². The molecule has 0 bridgehead atoms. The Balaban J connectivity index is 2.04. The van der Waals surface area contributed by atoms with Gasteiger partial charge >= 0.3 is 0 Å². The van der Waals surface area contributed by atoms with E-state index in [1.165, 1.54) is 0 Å². The van der Waals surface area contributed by atoms with Gasteiger partial charge in [-0.3, -0.25) is 4.18 Å². The summed E-state index contributed by atoms with van der Waals surface area (Å²) < 4.78 is 46.1. The van der Waals surface area contributed by atoms with E-state index in [1.807, 2.05) is 44.2 Å². The highest BCUT2D eigenvalue weighted by atomic mass is 32.2. The Morgan fingerprint density at radius 2 is 1.88 bits per heavy atom. The third-order valence-corrected chi connectivity index (χ3v) is 4.87. The molecule has 1 aromatic rings. The van der Waals surface area contributed by atoms with Gasteiger partial charge in [-0.1, -0.05) is 37.3 Å². The van der Waals surface area contributed by atoms with Gasteiger partial charge < -0.3 is 14.2 Å². The fourth-order valence-electron chi connectivity index (χ4n) is 2.79. The fourth-order valence-corrected chi connectivity index (χ4v) is 3.49. The molecule has 142 valence electrons. The van der Waals surface area contributed by atoms with Gasteiger partial charge in [0, 0.05) is 5.92 Å². The van der Waals surface area contributed by atoms with Crippen LogP contribution in [0, 0.1) is 5.92 Å². The van der Waals surface area contributed by atoms with Crippen molar-refractivity contribution in [2.24, 2.45) is 5.92 Å². The second kappa shape index (κ2) is 8.14. The van der Waals surface area contributed by atoms with E-state index in [9.17, 15) is 8.42 Å². The van der Waals surface area contributed by atoms with E-state index in [1.54, 1.807) is 13.8 Å². The fraction of sp³-hybridized carbons (Fsp3) is 0.667. The normalized spacial score (nSPS) is 24.0. The van der Waals surface area contributed by atoms with E-state index in [4.69, 9.17) is 18.4 Å². The minimum atomic E-state index is -3.63. The first-order valence-electron chi connectivity index (χ1n) is 8.43. The molecular weight excluding hydrogens is 344 g/mol. The summed E-state index contributed by atoms with van der Waals surface area (Å²) in [5.74, 6) is -0.960. The molecule has 1 fully saturated rings. The second-order valence-corrected chi connectivity index (χ2v) is 8.59. The third-order valence-electron chi connectivity index (χ3n) is 4.30. The first-order chi connectivity index (χ1) is 11.6. The van der Waals surface area contributed by atoms with Crippen LogP contribution in [0.4, 0.5) is 0 Å². The Hall–Kier alpha value is -0.990. The van der Waals surface area contributed by atoms with Crippen molar-refractivity contribution in [2.45, 2.75) is 58.4 Å². The highest BCUT2D eigenvalue weighted by Gasteiger charge is 2.43. The standard InChI is InChI=1S/C18H28O6S/c1-13(14(2)21-11-15-9-7-6-8-10-15)17(24-25(5,19)20)16-12-22-18(3,4)23-16/h6-10,13-14,16-17H,11-12H2,1-5H3. The number of hydrogen-bond donors (Lipinski definition) is 0. The van der Waals surface area contributed by atoms with Crippen molar-refractivity contribution >= 4 is 10.1 Å². The lowest BCUT2D eigenvalue weighted by molar-refractivity contribution is -0.156. The predicted octanol–water partition coefficient (Wildman–Crippen LogP) is 2.72. The Labute approximate surface area is 150 Å². The molecule has 1 heterocycles. The maximum atomic E-state index is 11.7. The summed E-state index contributed by atoms with van der Waals surface area (Å²) in [6.07, 6.45) is -0.326. The number of hydrogen-bond acceptors (Lipinski definition) is 6. The van der Waals surface area contributed by atoms with Gasteiger partial charge in [0.1, 0.15) is 12.2 Å². The van der Waals surface area contributed by atoms with E-state index in [0.717, 1.165) is 11.8 Å². The van der Waals surface area contributed by atoms with Crippen LogP contribution in [0.1, 0.15) is 33.3 Å². The molecule has 4 atom stereocenters. The van der Waals surface area contributed by atoms with E-state index >= 15 is 0 Å². The molecule has 0 N–H and O–H groups in total. The minimum absolute atomic E-state index is 0.207. The van der Waals surface area contributed by atoms with Crippen LogP contribution in [-0.4, -0.2) is 45.4 Å². The first kappa shape index (κ1) is 20.3. The molecule has 0 radical (unpaired) electrons. The molecule has 0 aromatic heterocycles. The van der Waals surface area contributed by atoms with Crippen LogP contribution >= 0.6 is 0 Å². The highest BCUT2D eigenvalue weighted by molar-refractivity contribution is 7.86. The molecule has 25 heavy (non-hydrogen) atoms. The second-order valence-electron chi connectivity index (χ2n) is 6.99. The van der Waals surface area contributed by atoms with Crippen LogP contribution < -0.4 is 0 Å². The van der Waals surface area contributed by atoms with Gasteiger partial charge in [0.05, 0.1) is 25.6 Å². The van der Waals surface area contributed by atoms with E-state index in [2.05, 4.69) is 0 Å². The summed E-state index contributed by atoms with van der Waals surface area (Å²) in [6.45, 7) is 8.14. The highest BCUT2D eigenvalue weighted by Crippen LogP contribution is 2.30. The van der Waals surface area contributed by atoms with E-state index in [0.29, 0.717) is 6.61 Å². The average Bonchev–Trinajstić information content (AvgIpc) is 2.89. The average molecular weight is 372 g/mol.